The molecule has 1 aliphatic heterocycles. The molecule has 0 fully saturated rings. The van der Waals surface area contributed by atoms with Gasteiger partial charge in [-0.05, 0) is 68.7 Å². The molecule has 2 amide bonds. The summed E-state index contributed by atoms with van der Waals surface area (Å²) < 4.78 is 17.0. The summed E-state index contributed by atoms with van der Waals surface area (Å²) in [4.78, 5) is 45.9. The van der Waals surface area contributed by atoms with Crippen LogP contribution >= 0.6 is 11.3 Å². The van der Waals surface area contributed by atoms with Crippen LogP contribution in [0.25, 0.3) is 0 Å². The Labute approximate surface area is 237 Å². The van der Waals surface area contributed by atoms with Gasteiger partial charge in [0.05, 0.1) is 24.2 Å². The average molecular weight is 568 g/mol. The predicted octanol–water partition coefficient (Wildman–Crippen LogP) is 4.79. The zero-order chi connectivity index (χ0) is 28.9. The molecule has 2 aromatic heterocycles. The van der Waals surface area contributed by atoms with Gasteiger partial charge in [0, 0.05) is 24.7 Å². The monoisotopic (exact) mass is 567 g/mol. The van der Waals surface area contributed by atoms with Gasteiger partial charge < -0.3 is 29.1 Å². The maximum absolute atomic E-state index is 13.5. The van der Waals surface area contributed by atoms with Crippen LogP contribution < -0.4 is 9.47 Å². The van der Waals surface area contributed by atoms with Crippen molar-refractivity contribution in [2.75, 3.05) is 26.7 Å². The molecule has 40 heavy (non-hydrogen) atoms. The number of carbonyl (C=O) groups excluding carboxylic acids is 2. The number of amides is 2. The third-order valence-corrected chi connectivity index (χ3v) is 7.27. The highest BCUT2D eigenvalue weighted by Gasteiger charge is 2.29. The van der Waals surface area contributed by atoms with E-state index in [1.165, 1.54) is 11.3 Å². The number of ether oxygens (including phenoxy) is 3. The van der Waals surface area contributed by atoms with E-state index >= 15 is 0 Å². The number of pyridine rings is 1. The smallest absolute Gasteiger partial charge is 0.410 e. The summed E-state index contributed by atoms with van der Waals surface area (Å²) in [6, 6.07) is 12.3. The molecule has 0 saturated carbocycles. The van der Waals surface area contributed by atoms with Crippen LogP contribution in [0, 0.1) is 0 Å². The van der Waals surface area contributed by atoms with E-state index in [4.69, 9.17) is 19.3 Å². The number of benzene rings is 1. The molecule has 1 N–H and O–H groups in total. The molecular formula is C29H33N3O7S. The first kappa shape index (κ1) is 28.9. The predicted molar refractivity (Wildman–Crippen MR) is 149 cm³/mol. The van der Waals surface area contributed by atoms with Crippen molar-refractivity contribution in [1.82, 2.24) is 14.8 Å². The highest BCUT2D eigenvalue weighted by Crippen LogP contribution is 2.31. The molecule has 0 bridgehead atoms. The Morgan fingerprint density at radius 3 is 2.55 bits per heavy atom. The summed E-state index contributed by atoms with van der Waals surface area (Å²) in [5.41, 5.74) is 1.17. The van der Waals surface area contributed by atoms with Crippen molar-refractivity contribution in [2.24, 2.45) is 0 Å². The maximum atomic E-state index is 13.5. The third-order valence-electron chi connectivity index (χ3n) is 6.04. The fraction of sp³-hybridized carbons (Fsp3) is 0.379. The van der Waals surface area contributed by atoms with E-state index in [-0.39, 0.29) is 18.5 Å². The fourth-order valence-electron chi connectivity index (χ4n) is 4.16. The summed E-state index contributed by atoms with van der Waals surface area (Å²) in [5.74, 6) is -0.243. The molecule has 3 heterocycles. The van der Waals surface area contributed by atoms with Crippen LogP contribution in [0.5, 0.6) is 11.5 Å². The number of carboxylic acids is 1. The Bertz CT molecular complexity index is 1340. The molecule has 0 spiro atoms. The van der Waals surface area contributed by atoms with Crippen LogP contribution in [-0.2, 0) is 22.5 Å². The molecule has 1 unspecified atom stereocenters. The van der Waals surface area contributed by atoms with Crippen LogP contribution in [0.2, 0.25) is 0 Å². The molecule has 212 valence electrons. The second-order valence-corrected chi connectivity index (χ2v) is 11.6. The lowest BCUT2D eigenvalue weighted by Gasteiger charge is -2.29. The highest BCUT2D eigenvalue weighted by molar-refractivity contribution is 7.14. The van der Waals surface area contributed by atoms with Crippen LogP contribution in [0.15, 0.2) is 54.9 Å². The first-order chi connectivity index (χ1) is 19.0. The van der Waals surface area contributed by atoms with Crippen molar-refractivity contribution in [1.29, 1.82) is 0 Å². The van der Waals surface area contributed by atoms with Gasteiger partial charge in [-0.25, -0.2) is 9.59 Å². The number of hydrogen-bond acceptors (Lipinski definition) is 8. The van der Waals surface area contributed by atoms with Crippen molar-refractivity contribution in [3.63, 3.8) is 0 Å². The van der Waals surface area contributed by atoms with E-state index in [1.54, 1.807) is 65.6 Å². The summed E-state index contributed by atoms with van der Waals surface area (Å²) >= 11 is 1.45. The average Bonchev–Trinajstić information content (AvgIpc) is 3.34. The maximum Gasteiger partial charge on any atom is 0.410 e. The number of carbonyl (C=O) groups is 3. The Morgan fingerprint density at radius 1 is 1.15 bits per heavy atom. The Hall–Kier alpha value is -4.12. The number of aliphatic carboxylic acids is 1. The quantitative estimate of drug-likeness (QED) is 0.392. The van der Waals surface area contributed by atoms with Gasteiger partial charge in [-0.1, -0.05) is 12.1 Å². The van der Waals surface area contributed by atoms with Crippen LogP contribution in [0.1, 0.15) is 52.6 Å². The molecule has 0 saturated heterocycles. The van der Waals surface area contributed by atoms with Crippen LogP contribution in [0.4, 0.5) is 4.79 Å². The Kier molecular flexibility index (Phi) is 8.93. The minimum absolute atomic E-state index is 0.149. The normalized spacial score (nSPS) is 13.7. The highest BCUT2D eigenvalue weighted by atomic mass is 32.1. The molecule has 3 aromatic rings. The number of aromatic nitrogens is 1. The lowest BCUT2D eigenvalue weighted by atomic mass is 10.1. The van der Waals surface area contributed by atoms with E-state index < -0.39 is 24.3 Å². The number of nitrogens with zero attached hydrogens (tertiary/aromatic N) is 3. The number of rotatable bonds is 9. The fourth-order valence-corrected chi connectivity index (χ4v) is 5.31. The molecule has 11 heteroatoms. The zero-order valence-corrected chi connectivity index (χ0v) is 23.8. The standard InChI is InChI=1S/C29H33N3O7S/c1-29(2,3)39-28(36)32-13-11-24-20(16-32)14-25(40-24)27(35)31(4)17-23(38-22-6-5-12-30-15-22)19-7-9-21(10-8-19)37-18-26(33)34/h5-10,12,14-15,23H,11,13,16-18H2,1-4H3,(H,33,34). The second kappa shape index (κ2) is 12.4. The minimum Gasteiger partial charge on any atom is -0.482 e. The van der Waals surface area contributed by atoms with Crippen molar-refractivity contribution in [3.05, 3.63) is 75.7 Å². The lowest BCUT2D eigenvalue weighted by Crippen LogP contribution is -2.39. The molecule has 1 atom stereocenters. The van der Waals surface area contributed by atoms with E-state index in [9.17, 15) is 14.4 Å². The summed E-state index contributed by atoms with van der Waals surface area (Å²) in [6.07, 6.45) is 3.03. The summed E-state index contributed by atoms with van der Waals surface area (Å²) in [5, 5.41) is 8.85. The number of hydrogen-bond donors (Lipinski definition) is 1. The number of fused-ring (bicyclic) bond motifs is 1. The second-order valence-electron chi connectivity index (χ2n) is 10.4. The lowest BCUT2D eigenvalue weighted by molar-refractivity contribution is -0.139. The topological polar surface area (TPSA) is 119 Å². The van der Waals surface area contributed by atoms with Gasteiger partial charge in [-0.3, -0.25) is 9.78 Å². The molecular weight excluding hydrogens is 534 g/mol. The van der Waals surface area contributed by atoms with Crippen molar-refractivity contribution >= 4 is 29.3 Å². The van der Waals surface area contributed by atoms with Crippen LogP contribution in [-0.4, -0.2) is 70.2 Å². The minimum atomic E-state index is -1.06. The molecule has 1 aliphatic rings. The van der Waals surface area contributed by atoms with E-state index in [2.05, 4.69) is 4.98 Å². The van der Waals surface area contributed by atoms with E-state index in [1.807, 2.05) is 26.8 Å². The Morgan fingerprint density at radius 2 is 1.90 bits per heavy atom. The van der Waals surface area contributed by atoms with Crippen LogP contribution in [0.3, 0.4) is 0 Å². The van der Waals surface area contributed by atoms with Crippen molar-refractivity contribution in [3.8, 4) is 11.5 Å². The van der Waals surface area contributed by atoms with E-state index in [0.717, 1.165) is 16.0 Å². The van der Waals surface area contributed by atoms with Gasteiger partial charge in [-0.2, -0.15) is 0 Å². The molecule has 0 radical (unpaired) electrons. The van der Waals surface area contributed by atoms with Gasteiger partial charge in [-0.15, -0.1) is 11.3 Å². The SMILES string of the molecule is CN(CC(Oc1cccnc1)c1ccc(OCC(=O)O)cc1)C(=O)c1cc2c(s1)CCN(C(=O)OC(C)(C)C)C2. The van der Waals surface area contributed by atoms with Gasteiger partial charge in [0.25, 0.3) is 5.91 Å². The third kappa shape index (κ3) is 7.72. The molecule has 1 aromatic carbocycles. The van der Waals surface area contributed by atoms with Gasteiger partial charge >= 0.3 is 12.1 Å². The number of likely N-dealkylation sites (N-methyl/N-ethyl adjacent to an activating group) is 1. The first-order valence-electron chi connectivity index (χ1n) is 12.8. The zero-order valence-electron chi connectivity index (χ0n) is 23.0. The first-order valence-corrected chi connectivity index (χ1v) is 13.7. The largest absolute Gasteiger partial charge is 0.482 e. The van der Waals surface area contributed by atoms with Crippen molar-refractivity contribution in [2.45, 2.75) is 45.4 Å². The molecule has 0 aliphatic carbocycles. The van der Waals surface area contributed by atoms with Crippen molar-refractivity contribution < 1.29 is 33.7 Å². The number of carboxylic acid groups (broad SMARTS) is 1. The van der Waals surface area contributed by atoms with E-state index in [0.29, 0.717) is 35.9 Å². The molecule has 10 nitrogen and oxygen atoms in total. The Balaban J connectivity index is 1.47. The summed E-state index contributed by atoms with van der Waals surface area (Å²) in [6.45, 7) is 6.27. The molecule has 4 rings (SSSR count). The summed E-state index contributed by atoms with van der Waals surface area (Å²) in [7, 11) is 1.72. The van der Waals surface area contributed by atoms with Gasteiger partial charge in [0.2, 0.25) is 0 Å². The van der Waals surface area contributed by atoms with Gasteiger partial charge in [0.15, 0.2) is 6.61 Å². The van der Waals surface area contributed by atoms with Gasteiger partial charge in [0.1, 0.15) is 23.2 Å². The number of thiophene rings is 1.